The number of aliphatic imine (C=N–C) groups is 1. The smallest absolute Gasteiger partial charge is 0.0905 e. The number of benzene rings is 4. The summed E-state index contributed by atoms with van der Waals surface area (Å²) >= 11 is 1.73. The summed E-state index contributed by atoms with van der Waals surface area (Å²) in [6, 6.07) is 41.9. The van der Waals surface area contributed by atoms with Gasteiger partial charge in [0.05, 0.1) is 16.6 Å². The summed E-state index contributed by atoms with van der Waals surface area (Å²) in [7, 11) is 0. The first-order valence-electron chi connectivity index (χ1n) is 9.36. The van der Waals surface area contributed by atoms with Crippen molar-refractivity contribution in [1.82, 2.24) is 0 Å². The highest BCUT2D eigenvalue weighted by molar-refractivity contribution is 8.14. The van der Waals surface area contributed by atoms with Crippen LogP contribution in [0.25, 0.3) is 0 Å². The van der Waals surface area contributed by atoms with Crippen LogP contribution in [0.1, 0.15) is 17.0 Å². The molecule has 0 N–H and O–H groups in total. The van der Waals surface area contributed by atoms with Crippen LogP contribution in [0.5, 0.6) is 0 Å². The highest BCUT2D eigenvalue weighted by Crippen LogP contribution is 2.35. The second-order valence-corrected chi connectivity index (χ2v) is 7.55. The summed E-state index contributed by atoms with van der Waals surface area (Å²) in [6.45, 7) is 0. The molecule has 136 valence electrons. The molecule has 0 amide bonds. The standard InChI is InChI=1S/C26H21NS/c1-5-13-21(14-6-1)25(22-15-7-2-8-16-22)26(27-23-17-9-3-10-18-23)28-24-19-11-4-12-20-24/h1-20,25H. The van der Waals surface area contributed by atoms with Gasteiger partial charge in [0.2, 0.25) is 0 Å². The molecule has 0 radical (unpaired) electrons. The molecule has 0 aliphatic rings. The maximum Gasteiger partial charge on any atom is 0.0905 e. The number of hydrogen-bond acceptors (Lipinski definition) is 2. The summed E-state index contributed by atoms with van der Waals surface area (Å²) in [5.74, 6) is 0.0767. The lowest BCUT2D eigenvalue weighted by Gasteiger charge is -2.20. The summed E-state index contributed by atoms with van der Waals surface area (Å²) in [5, 5.41) is 1.06. The molecular weight excluding hydrogens is 358 g/mol. The molecule has 4 aromatic rings. The number of rotatable bonds is 5. The van der Waals surface area contributed by atoms with Crippen molar-refractivity contribution in [2.24, 2.45) is 4.99 Å². The molecule has 1 nitrogen and oxygen atoms in total. The fraction of sp³-hybridized carbons (Fsp3) is 0.0385. The van der Waals surface area contributed by atoms with E-state index in [-0.39, 0.29) is 5.92 Å². The Kier molecular flexibility index (Phi) is 6.01. The minimum atomic E-state index is 0.0767. The van der Waals surface area contributed by atoms with E-state index < -0.39 is 0 Å². The minimum Gasteiger partial charge on any atom is -0.245 e. The zero-order valence-corrected chi connectivity index (χ0v) is 16.3. The van der Waals surface area contributed by atoms with E-state index in [1.54, 1.807) is 11.8 Å². The Morgan fingerprint density at radius 2 is 0.964 bits per heavy atom. The molecule has 0 unspecified atom stereocenters. The number of hydrogen-bond donors (Lipinski definition) is 0. The lowest BCUT2D eigenvalue weighted by Crippen LogP contribution is -2.11. The van der Waals surface area contributed by atoms with Crippen molar-refractivity contribution >= 4 is 22.5 Å². The molecule has 0 aromatic heterocycles. The summed E-state index contributed by atoms with van der Waals surface area (Å²) in [6.07, 6.45) is 0. The van der Waals surface area contributed by atoms with Crippen molar-refractivity contribution in [1.29, 1.82) is 0 Å². The summed E-state index contributed by atoms with van der Waals surface area (Å²) < 4.78 is 0. The topological polar surface area (TPSA) is 12.4 Å². The third kappa shape index (κ3) is 4.59. The first-order valence-corrected chi connectivity index (χ1v) is 10.2. The predicted molar refractivity (Wildman–Crippen MR) is 121 cm³/mol. The van der Waals surface area contributed by atoms with Gasteiger partial charge >= 0.3 is 0 Å². The van der Waals surface area contributed by atoms with Crippen LogP contribution in [0.2, 0.25) is 0 Å². The third-order valence-corrected chi connectivity index (χ3v) is 5.52. The van der Waals surface area contributed by atoms with E-state index in [2.05, 4.69) is 97.1 Å². The van der Waals surface area contributed by atoms with Gasteiger partial charge in [-0.15, -0.1) is 0 Å². The SMILES string of the molecule is c1ccc(N=C(Sc2ccccc2)C(c2ccccc2)c2ccccc2)cc1. The Morgan fingerprint density at radius 1 is 0.536 bits per heavy atom. The first kappa shape index (κ1) is 18.3. The van der Waals surface area contributed by atoms with Crippen molar-refractivity contribution in [3.8, 4) is 0 Å². The normalized spacial score (nSPS) is 11.5. The molecule has 0 aliphatic carbocycles. The van der Waals surface area contributed by atoms with Crippen LogP contribution in [0.3, 0.4) is 0 Å². The fourth-order valence-corrected chi connectivity index (χ4v) is 4.23. The largest absolute Gasteiger partial charge is 0.245 e. The highest BCUT2D eigenvalue weighted by atomic mass is 32.2. The molecule has 28 heavy (non-hydrogen) atoms. The van der Waals surface area contributed by atoms with Gasteiger partial charge in [-0.25, -0.2) is 4.99 Å². The summed E-state index contributed by atoms with van der Waals surface area (Å²) in [5.41, 5.74) is 3.46. The zero-order chi connectivity index (χ0) is 19.0. The second kappa shape index (κ2) is 9.20. The molecule has 0 aliphatic heterocycles. The molecule has 0 bridgehead atoms. The average Bonchev–Trinajstić information content (AvgIpc) is 2.77. The number of para-hydroxylation sites is 1. The second-order valence-electron chi connectivity index (χ2n) is 6.46. The van der Waals surface area contributed by atoms with Gasteiger partial charge in [0.25, 0.3) is 0 Å². The van der Waals surface area contributed by atoms with E-state index in [0.717, 1.165) is 10.7 Å². The first-order chi connectivity index (χ1) is 13.9. The van der Waals surface area contributed by atoms with Gasteiger partial charge in [-0.05, 0) is 35.4 Å². The fourth-order valence-electron chi connectivity index (χ4n) is 3.15. The van der Waals surface area contributed by atoms with Crippen LogP contribution in [-0.4, -0.2) is 5.04 Å². The molecule has 0 saturated heterocycles. The van der Waals surface area contributed by atoms with Crippen LogP contribution in [0.15, 0.2) is 131 Å². The Labute approximate surface area is 170 Å². The van der Waals surface area contributed by atoms with Crippen molar-refractivity contribution in [3.63, 3.8) is 0 Å². The van der Waals surface area contributed by atoms with Crippen LogP contribution < -0.4 is 0 Å². The Morgan fingerprint density at radius 3 is 1.46 bits per heavy atom. The molecule has 0 atom stereocenters. The van der Waals surface area contributed by atoms with Crippen LogP contribution in [0.4, 0.5) is 5.69 Å². The van der Waals surface area contributed by atoms with E-state index in [9.17, 15) is 0 Å². The monoisotopic (exact) mass is 379 g/mol. The Hall–Kier alpha value is -3.10. The van der Waals surface area contributed by atoms with Crippen molar-refractivity contribution in [2.45, 2.75) is 10.8 Å². The molecule has 4 rings (SSSR count). The van der Waals surface area contributed by atoms with Gasteiger partial charge < -0.3 is 0 Å². The van der Waals surface area contributed by atoms with E-state index in [1.165, 1.54) is 16.0 Å². The van der Waals surface area contributed by atoms with Gasteiger partial charge in [0.15, 0.2) is 0 Å². The lowest BCUT2D eigenvalue weighted by atomic mass is 9.92. The Balaban J connectivity index is 1.84. The maximum atomic E-state index is 5.09. The zero-order valence-electron chi connectivity index (χ0n) is 15.5. The highest BCUT2D eigenvalue weighted by Gasteiger charge is 2.22. The quantitative estimate of drug-likeness (QED) is 0.201. The van der Waals surface area contributed by atoms with Crippen molar-refractivity contribution < 1.29 is 0 Å². The van der Waals surface area contributed by atoms with E-state index in [1.807, 2.05) is 24.3 Å². The predicted octanol–water partition coefficient (Wildman–Crippen LogP) is 7.34. The van der Waals surface area contributed by atoms with Crippen LogP contribution in [-0.2, 0) is 0 Å². The average molecular weight is 380 g/mol. The third-order valence-electron chi connectivity index (χ3n) is 4.47. The van der Waals surface area contributed by atoms with E-state index in [0.29, 0.717) is 0 Å². The van der Waals surface area contributed by atoms with Gasteiger partial charge in [0.1, 0.15) is 0 Å². The molecule has 0 fully saturated rings. The van der Waals surface area contributed by atoms with Gasteiger partial charge in [0, 0.05) is 4.90 Å². The van der Waals surface area contributed by atoms with Gasteiger partial charge in [-0.3, -0.25) is 0 Å². The van der Waals surface area contributed by atoms with E-state index >= 15 is 0 Å². The van der Waals surface area contributed by atoms with Crippen molar-refractivity contribution in [2.75, 3.05) is 0 Å². The molecule has 2 heteroatoms. The van der Waals surface area contributed by atoms with E-state index in [4.69, 9.17) is 4.99 Å². The van der Waals surface area contributed by atoms with Gasteiger partial charge in [-0.1, -0.05) is 109 Å². The van der Waals surface area contributed by atoms with Crippen LogP contribution in [0, 0.1) is 0 Å². The Bertz CT molecular complexity index is 974. The summed E-state index contributed by atoms with van der Waals surface area (Å²) in [4.78, 5) is 6.28. The molecule has 0 heterocycles. The van der Waals surface area contributed by atoms with Crippen molar-refractivity contribution in [3.05, 3.63) is 132 Å². The molecular formula is C26H21NS. The minimum absolute atomic E-state index is 0.0767. The lowest BCUT2D eigenvalue weighted by molar-refractivity contribution is 1.09. The maximum absolute atomic E-state index is 5.09. The molecule has 4 aromatic carbocycles. The molecule has 0 saturated carbocycles. The van der Waals surface area contributed by atoms with Gasteiger partial charge in [-0.2, -0.15) is 0 Å². The number of thioether (sulfide) groups is 1. The molecule has 0 spiro atoms. The number of nitrogens with zero attached hydrogens (tertiary/aromatic N) is 1. The van der Waals surface area contributed by atoms with Crippen LogP contribution >= 0.6 is 11.8 Å².